The second-order valence-electron chi connectivity index (χ2n) is 7.66. The molecular formula is C24H12Cl2F3N3O6. The Morgan fingerprint density at radius 2 is 1.63 bits per heavy atom. The Balaban J connectivity index is 1.77. The number of nitro groups is 1. The summed E-state index contributed by atoms with van der Waals surface area (Å²) in [7, 11) is 0. The molecule has 1 aliphatic heterocycles. The van der Waals surface area contributed by atoms with Crippen LogP contribution in [0.1, 0.15) is 11.1 Å². The van der Waals surface area contributed by atoms with Gasteiger partial charge in [0.1, 0.15) is 11.3 Å². The minimum Gasteiger partial charge on any atom is -0.449 e. The number of hydrogen-bond acceptors (Lipinski definition) is 6. The Bertz CT molecular complexity index is 1540. The third-order valence-corrected chi connectivity index (χ3v) is 5.61. The van der Waals surface area contributed by atoms with Crippen molar-refractivity contribution in [1.82, 2.24) is 5.32 Å². The van der Waals surface area contributed by atoms with Crippen molar-refractivity contribution < 1.29 is 37.2 Å². The van der Waals surface area contributed by atoms with E-state index in [0.717, 1.165) is 12.1 Å². The fourth-order valence-electron chi connectivity index (χ4n) is 3.43. The van der Waals surface area contributed by atoms with E-state index in [2.05, 4.69) is 0 Å². The van der Waals surface area contributed by atoms with Crippen molar-refractivity contribution in [2.24, 2.45) is 0 Å². The summed E-state index contributed by atoms with van der Waals surface area (Å²) >= 11 is 12.0. The van der Waals surface area contributed by atoms with Crippen LogP contribution in [0.2, 0.25) is 10.0 Å². The first kappa shape index (κ1) is 26.6. The van der Waals surface area contributed by atoms with Gasteiger partial charge in [-0.2, -0.15) is 13.2 Å². The number of anilines is 1. The maximum Gasteiger partial charge on any atom is 0.416 e. The number of imide groups is 2. The SMILES string of the molecule is O=C1NC(=O)N(c2cccc(Cl)c2)C(=O)/C1=C/c1cc(Cl)ccc1Oc1ccc(C(F)(F)F)cc1[N+](=O)[O-]. The van der Waals surface area contributed by atoms with E-state index in [4.69, 9.17) is 27.9 Å². The van der Waals surface area contributed by atoms with Gasteiger partial charge in [-0.1, -0.05) is 29.3 Å². The number of amides is 4. The van der Waals surface area contributed by atoms with Gasteiger partial charge in [0.05, 0.1) is 16.2 Å². The van der Waals surface area contributed by atoms with E-state index in [0.29, 0.717) is 17.0 Å². The van der Waals surface area contributed by atoms with Crippen LogP contribution in [0.4, 0.5) is 29.3 Å². The van der Waals surface area contributed by atoms with Crippen molar-refractivity contribution in [3.8, 4) is 11.5 Å². The van der Waals surface area contributed by atoms with E-state index < -0.39 is 51.5 Å². The lowest BCUT2D eigenvalue weighted by Gasteiger charge is -2.26. The zero-order valence-electron chi connectivity index (χ0n) is 18.6. The van der Waals surface area contributed by atoms with Crippen LogP contribution in [-0.2, 0) is 15.8 Å². The molecule has 0 saturated carbocycles. The summed E-state index contributed by atoms with van der Waals surface area (Å²) in [5.74, 6) is -2.80. The molecule has 9 nitrogen and oxygen atoms in total. The third kappa shape index (κ3) is 5.45. The van der Waals surface area contributed by atoms with E-state index in [1.807, 2.05) is 5.32 Å². The highest BCUT2D eigenvalue weighted by Crippen LogP contribution is 2.39. The van der Waals surface area contributed by atoms with E-state index >= 15 is 0 Å². The van der Waals surface area contributed by atoms with Crippen LogP contribution >= 0.6 is 23.2 Å². The molecule has 1 saturated heterocycles. The highest BCUT2D eigenvalue weighted by atomic mass is 35.5. The summed E-state index contributed by atoms with van der Waals surface area (Å²) in [4.78, 5) is 49.2. The summed E-state index contributed by atoms with van der Waals surface area (Å²) in [6.45, 7) is 0. The Hall–Kier alpha value is -4.42. The molecular weight excluding hydrogens is 554 g/mol. The van der Waals surface area contributed by atoms with Crippen LogP contribution in [-0.4, -0.2) is 22.8 Å². The van der Waals surface area contributed by atoms with Crippen LogP contribution in [0.3, 0.4) is 0 Å². The van der Waals surface area contributed by atoms with Gasteiger partial charge < -0.3 is 4.74 Å². The van der Waals surface area contributed by atoms with E-state index in [1.165, 1.54) is 42.5 Å². The zero-order valence-corrected chi connectivity index (χ0v) is 20.1. The maximum absolute atomic E-state index is 13.2. The largest absolute Gasteiger partial charge is 0.449 e. The van der Waals surface area contributed by atoms with Gasteiger partial charge in [-0.3, -0.25) is 25.0 Å². The smallest absolute Gasteiger partial charge is 0.416 e. The monoisotopic (exact) mass is 565 g/mol. The number of ether oxygens (including phenoxy) is 1. The quantitative estimate of drug-likeness (QED) is 0.166. The fraction of sp³-hybridized carbons (Fsp3) is 0.0417. The lowest BCUT2D eigenvalue weighted by atomic mass is 10.1. The average molecular weight is 566 g/mol. The van der Waals surface area contributed by atoms with Gasteiger partial charge in [-0.05, 0) is 54.6 Å². The third-order valence-electron chi connectivity index (χ3n) is 5.14. The summed E-state index contributed by atoms with van der Waals surface area (Å²) in [5.41, 5.74) is -2.73. The molecule has 14 heteroatoms. The van der Waals surface area contributed by atoms with Gasteiger partial charge in [-0.15, -0.1) is 0 Å². The molecule has 0 atom stereocenters. The number of nitro benzene ring substituents is 1. The topological polar surface area (TPSA) is 119 Å². The fourth-order valence-corrected chi connectivity index (χ4v) is 3.79. The van der Waals surface area contributed by atoms with Gasteiger partial charge in [0.25, 0.3) is 11.8 Å². The Kier molecular flexibility index (Phi) is 7.11. The number of carbonyl (C=O) groups excluding carboxylic acids is 3. The van der Waals surface area contributed by atoms with Crippen molar-refractivity contribution in [2.75, 3.05) is 4.90 Å². The van der Waals surface area contributed by atoms with Crippen molar-refractivity contribution in [3.05, 3.63) is 97.5 Å². The predicted molar refractivity (Wildman–Crippen MR) is 130 cm³/mol. The molecule has 1 aliphatic rings. The molecule has 0 unspecified atom stereocenters. The molecule has 0 aromatic heterocycles. The van der Waals surface area contributed by atoms with Crippen molar-refractivity contribution in [3.63, 3.8) is 0 Å². The molecule has 0 radical (unpaired) electrons. The van der Waals surface area contributed by atoms with Gasteiger partial charge >= 0.3 is 17.9 Å². The van der Waals surface area contributed by atoms with Gasteiger partial charge in [0.15, 0.2) is 0 Å². The van der Waals surface area contributed by atoms with Gasteiger partial charge in [0.2, 0.25) is 5.75 Å². The normalized spacial score (nSPS) is 15.0. The van der Waals surface area contributed by atoms with Crippen LogP contribution < -0.4 is 15.0 Å². The molecule has 0 bridgehead atoms. The first-order valence-electron chi connectivity index (χ1n) is 10.3. The molecule has 1 heterocycles. The standard InChI is InChI=1S/C24H12Cl2F3N3O6/c25-14-2-1-3-16(11-14)31-22(34)17(21(33)30-23(31)35)9-12-8-15(26)5-7-19(12)38-20-6-4-13(24(27,28)29)10-18(20)32(36)37/h1-11H,(H,30,33,35)/b17-9+. The van der Waals surface area contributed by atoms with Gasteiger partial charge in [-0.25, -0.2) is 9.69 Å². The van der Waals surface area contributed by atoms with E-state index in [-0.39, 0.29) is 27.0 Å². The lowest BCUT2D eigenvalue weighted by molar-refractivity contribution is -0.385. The number of benzene rings is 3. The number of urea groups is 1. The van der Waals surface area contributed by atoms with E-state index in [9.17, 15) is 37.7 Å². The highest BCUT2D eigenvalue weighted by molar-refractivity contribution is 6.39. The van der Waals surface area contributed by atoms with Crippen LogP contribution in [0.25, 0.3) is 6.08 Å². The van der Waals surface area contributed by atoms with Crippen LogP contribution in [0.5, 0.6) is 11.5 Å². The number of alkyl halides is 3. The molecule has 3 aromatic rings. The Morgan fingerprint density at radius 1 is 0.947 bits per heavy atom. The van der Waals surface area contributed by atoms with Gasteiger partial charge in [0, 0.05) is 21.7 Å². The second kappa shape index (κ2) is 10.1. The van der Waals surface area contributed by atoms with Crippen LogP contribution in [0, 0.1) is 10.1 Å². The minimum atomic E-state index is -4.83. The Labute approximate surface area is 221 Å². The number of carbonyl (C=O) groups is 3. The lowest BCUT2D eigenvalue weighted by Crippen LogP contribution is -2.54. The molecule has 0 aliphatic carbocycles. The zero-order chi connectivity index (χ0) is 27.8. The van der Waals surface area contributed by atoms with Crippen molar-refractivity contribution in [2.45, 2.75) is 6.18 Å². The van der Waals surface area contributed by atoms with Crippen LogP contribution in [0.15, 0.2) is 66.2 Å². The molecule has 38 heavy (non-hydrogen) atoms. The Morgan fingerprint density at radius 3 is 2.29 bits per heavy atom. The number of rotatable bonds is 5. The summed E-state index contributed by atoms with van der Waals surface area (Å²) in [6.07, 6.45) is -3.81. The molecule has 1 N–H and O–H groups in total. The predicted octanol–water partition coefficient (Wildman–Crippen LogP) is 6.38. The summed E-state index contributed by atoms with van der Waals surface area (Å²) < 4.78 is 44.7. The van der Waals surface area contributed by atoms with Crippen molar-refractivity contribution >= 4 is 58.5 Å². The van der Waals surface area contributed by atoms with Crippen molar-refractivity contribution in [1.29, 1.82) is 0 Å². The molecule has 194 valence electrons. The number of hydrogen-bond donors (Lipinski definition) is 1. The molecule has 3 aromatic carbocycles. The molecule has 4 rings (SSSR count). The maximum atomic E-state index is 13.2. The summed E-state index contributed by atoms with van der Waals surface area (Å²) in [5, 5.41) is 13.8. The number of nitrogens with one attached hydrogen (secondary N) is 1. The molecule has 1 fully saturated rings. The first-order chi connectivity index (χ1) is 17.8. The molecule has 0 spiro atoms. The second-order valence-corrected chi connectivity index (χ2v) is 8.53. The highest BCUT2D eigenvalue weighted by Gasteiger charge is 2.37. The minimum absolute atomic E-state index is 0.0365. The number of halogens is 5. The average Bonchev–Trinajstić information content (AvgIpc) is 2.82. The number of barbiturate groups is 1. The summed E-state index contributed by atoms with van der Waals surface area (Å²) in [6, 6.07) is 10.2. The number of nitrogens with zero attached hydrogens (tertiary/aromatic N) is 2. The molecule has 4 amide bonds. The van der Waals surface area contributed by atoms with E-state index in [1.54, 1.807) is 0 Å². The first-order valence-corrected chi connectivity index (χ1v) is 11.1.